The van der Waals surface area contributed by atoms with Crippen molar-refractivity contribution < 1.29 is 13.9 Å². The van der Waals surface area contributed by atoms with Crippen LogP contribution < -0.4 is 9.80 Å². The summed E-state index contributed by atoms with van der Waals surface area (Å²) in [4.78, 5) is 20.5. The predicted molar refractivity (Wildman–Crippen MR) is 134 cm³/mol. The smallest absolute Gasteiger partial charge is 0.306 e. The van der Waals surface area contributed by atoms with E-state index in [2.05, 4.69) is 39.9 Å². The molecule has 1 aliphatic heterocycles. The average Bonchev–Trinajstić information content (AvgIpc) is 2.85. The molecule has 2 aromatic carbocycles. The van der Waals surface area contributed by atoms with Crippen molar-refractivity contribution in [2.45, 2.75) is 46.1 Å². The highest BCUT2D eigenvalue weighted by Gasteiger charge is 2.23. The number of esters is 1. The van der Waals surface area contributed by atoms with Crippen molar-refractivity contribution in [3.63, 3.8) is 0 Å². The van der Waals surface area contributed by atoms with Crippen LogP contribution in [-0.2, 0) is 28.9 Å². The van der Waals surface area contributed by atoms with Crippen LogP contribution in [0, 0.1) is 12.7 Å². The number of benzene rings is 2. The zero-order valence-electron chi connectivity index (χ0n) is 20.2. The lowest BCUT2D eigenvalue weighted by molar-refractivity contribution is -0.143. The Bertz CT molecular complexity index is 1150. The van der Waals surface area contributed by atoms with Crippen LogP contribution in [0.5, 0.6) is 0 Å². The minimum atomic E-state index is -0.300. The van der Waals surface area contributed by atoms with E-state index in [0.29, 0.717) is 25.1 Å². The van der Waals surface area contributed by atoms with Gasteiger partial charge in [0, 0.05) is 44.1 Å². The summed E-state index contributed by atoms with van der Waals surface area (Å²) in [5.41, 5.74) is 6.36. The van der Waals surface area contributed by atoms with Crippen LogP contribution in [0.3, 0.4) is 0 Å². The van der Waals surface area contributed by atoms with Crippen molar-refractivity contribution in [3.05, 3.63) is 82.8 Å². The summed E-state index contributed by atoms with van der Waals surface area (Å²) in [6, 6.07) is 15.7. The molecule has 0 radical (unpaired) electrons. The number of hydrogen-bond acceptors (Lipinski definition) is 5. The lowest BCUT2D eigenvalue weighted by atomic mass is 9.94. The van der Waals surface area contributed by atoms with Crippen molar-refractivity contribution in [1.82, 2.24) is 4.98 Å². The molecule has 2 heterocycles. The van der Waals surface area contributed by atoms with E-state index >= 15 is 0 Å². The highest BCUT2D eigenvalue weighted by atomic mass is 19.1. The topological polar surface area (TPSA) is 45.7 Å². The second-order valence-electron chi connectivity index (χ2n) is 8.74. The summed E-state index contributed by atoms with van der Waals surface area (Å²) < 4.78 is 19.7. The standard InChI is InChI=1S/C28H32FN3O2/c1-4-34-27(33)15-13-21-12-14-24(18-25(21)29)31(3)19-23-11-10-22-8-7-17-32(28(22)20(23)2)26-9-5-6-16-30-26/h5-6,9-12,14,16,18H,4,7-8,13,15,17,19H2,1-3H3. The molecule has 0 aliphatic carbocycles. The summed E-state index contributed by atoms with van der Waals surface area (Å²) >= 11 is 0. The summed E-state index contributed by atoms with van der Waals surface area (Å²) in [7, 11) is 1.97. The van der Waals surface area contributed by atoms with Crippen molar-refractivity contribution >= 4 is 23.2 Å². The number of ether oxygens (including phenoxy) is 1. The first-order chi connectivity index (χ1) is 16.5. The molecule has 1 aliphatic rings. The number of halogens is 1. The Balaban J connectivity index is 1.52. The van der Waals surface area contributed by atoms with Gasteiger partial charge in [-0.25, -0.2) is 9.37 Å². The van der Waals surface area contributed by atoms with E-state index in [4.69, 9.17) is 4.74 Å². The van der Waals surface area contributed by atoms with E-state index in [1.54, 1.807) is 19.1 Å². The molecule has 0 saturated heterocycles. The van der Waals surface area contributed by atoms with Gasteiger partial charge in [-0.3, -0.25) is 4.79 Å². The molecule has 6 heteroatoms. The van der Waals surface area contributed by atoms with E-state index in [1.165, 1.54) is 22.4 Å². The Morgan fingerprint density at radius 2 is 2.00 bits per heavy atom. The third-order valence-electron chi connectivity index (χ3n) is 6.44. The van der Waals surface area contributed by atoms with Gasteiger partial charge in [0.15, 0.2) is 0 Å². The van der Waals surface area contributed by atoms with Crippen LogP contribution in [0.2, 0.25) is 0 Å². The number of carbonyl (C=O) groups is 1. The third-order valence-corrected chi connectivity index (χ3v) is 6.44. The van der Waals surface area contributed by atoms with Crippen molar-refractivity contribution in [3.8, 4) is 0 Å². The Morgan fingerprint density at radius 3 is 2.74 bits per heavy atom. The molecular weight excluding hydrogens is 429 g/mol. The maximum absolute atomic E-state index is 14.7. The number of nitrogens with zero attached hydrogens (tertiary/aromatic N) is 3. The van der Waals surface area contributed by atoms with Crippen molar-refractivity contribution in [1.29, 1.82) is 0 Å². The number of aryl methyl sites for hydroxylation is 2. The molecule has 0 bridgehead atoms. The van der Waals surface area contributed by atoms with Gasteiger partial charge in [0.25, 0.3) is 0 Å². The lowest BCUT2D eigenvalue weighted by Gasteiger charge is -2.33. The van der Waals surface area contributed by atoms with E-state index in [-0.39, 0.29) is 18.2 Å². The minimum Gasteiger partial charge on any atom is -0.466 e. The van der Waals surface area contributed by atoms with Gasteiger partial charge < -0.3 is 14.5 Å². The SMILES string of the molecule is CCOC(=O)CCc1ccc(N(C)Cc2ccc3c(c2C)N(c2ccccn2)CCC3)cc1F. The van der Waals surface area contributed by atoms with Gasteiger partial charge in [0.05, 0.1) is 6.61 Å². The highest BCUT2D eigenvalue weighted by molar-refractivity contribution is 5.71. The zero-order valence-corrected chi connectivity index (χ0v) is 20.2. The molecule has 0 atom stereocenters. The first kappa shape index (κ1) is 23.7. The molecule has 0 N–H and O–H groups in total. The van der Waals surface area contributed by atoms with Crippen LogP contribution in [0.4, 0.5) is 21.6 Å². The summed E-state index contributed by atoms with van der Waals surface area (Å²) in [6.45, 7) is 5.89. The number of carbonyl (C=O) groups excluding carboxylic acids is 1. The molecule has 5 nitrogen and oxygen atoms in total. The first-order valence-corrected chi connectivity index (χ1v) is 11.9. The van der Waals surface area contributed by atoms with E-state index < -0.39 is 0 Å². The van der Waals surface area contributed by atoms with Crippen LogP contribution in [0.25, 0.3) is 0 Å². The molecule has 1 aromatic heterocycles. The fourth-order valence-corrected chi connectivity index (χ4v) is 4.62. The second kappa shape index (κ2) is 10.7. The molecule has 178 valence electrons. The summed E-state index contributed by atoms with van der Waals surface area (Å²) in [5, 5.41) is 0. The maximum atomic E-state index is 14.7. The Kier molecular flexibility index (Phi) is 7.46. The number of rotatable bonds is 8. The van der Waals surface area contributed by atoms with Gasteiger partial charge in [-0.15, -0.1) is 0 Å². The van der Waals surface area contributed by atoms with E-state index in [0.717, 1.165) is 30.9 Å². The Hall–Kier alpha value is -3.41. The molecule has 4 rings (SSSR count). The zero-order chi connectivity index (χ0) is 24.1. The monoisotopic (exact) mass is 461 g/mol. The lowest BCUT2D eigenvalue weighted by Crippen LogP contribution is -2.27. The molecule has 0 fully saturated rings. The minimum absolute atomic E-state index is 0.182. The van der Waals surface area contributed by atoms with Gasteiger partial charge in [-0.1, -0.05) is 24.3 Å². The van der Waals surface area contributed by atoms with Crippen LogP contribution >= 0.6 is 0 Å². The normalized spacial score (nSPS) is 12.9. The first-order valence-electron chi connectivity index (χ1n) is 11.9. The van der Waals surface area contributed by atoms with Crippen molar-refractivity contribution in [2.75, 3.05) is 30.0 Å². The molecule has 0 saturated carbocycles. The number of fused-ring (bicyclic) bond motifs is 1. The van der Waals surface area contributed by atoms with Gasteiger partial charge in [-0.2, -0.15) is 0 Å². The van der Waals surface area contributed by atoms with Gasteiger partial charge in [-0.05, 0) is 79.6 Å². The summed E-state index contributed by atoms with van der Waals surface area (Å²) in [6.07, 6.45) is 4.52. The second-order valence-corrected chi connectivity index (χ2v) is 8.74. The van der Waals surface area contributed by atoms with E-state index in [9.17, 15) is 9.18 Å². The molecule has 0 amide bonds. The van der Waals surface area contributed by atoms with Gasteiger partial charge in [0.1, 0.15) is 11.6 Å². The molecule has 0 spiro atoms. The predicted octanol–water partition coefficient (Wildman–Crippen LogP) is 5.75. The fourth-order valence-electron chi connectivity index (χ4n) is 4.62. The summed E-state index contributed by atoms with van der Waals surface area (Å²) in [5.74, 6) is 0.375. The van der Waals surface area contributed by atoms with Crippen LogP contribution in [-0.4, -0.2) is 31.2 Å². The highest BCUT2D eigenvalue weighted by Crippen LogP contribution is 2.37. The quantitative estimate of drug-likeness (QED) is 0.400. The molecule has 34 heavy (non-hydrogen) atoms. The van der Waals surface area contributed by atoms with Gasteiger partial charge >= 0.3 is 5.97 Å². The number of pyridine rings is 1. The Morgan fingerprint density at radius 1 is 1.18 bits per heavy atom. The number of hydrogen-bond donors (Lipinski definition) is 0. The third kappa shape index (κ3) is 5.22. The average molecular weight is 462 g/mol. The van der Waals surface area contributed by atoms with Gasteiger partial charge in [0.2, 0.25) is 0 Å². The Labute approximate surface area is 201 Å². The maximum Gasteiger partial charge on any atom is 0.306 e. The van der Waals surface area contributed by atoms with Crippen molar-refractivity contribution in [2.24, 2.45) is 0 Å². The van der Waals surface area contributed by atoms with Crippen LogP contribution in [0.15, 0.2) is 54.7 Å². The van der Waals surface area contributed by atoms with E-state index in [1.807, 2.05) is 31.4 Å². The molecule has 3 aromatic rings. The fraction of sp³-hybridized carbons (Fsp3) is 0.357. The largest absolute Gasteiger partial charge is 0.466 e. The number of aromatic nitrogens is 1. The molecule has 0 unspecified atom stereocenters. The number of anilines is 3. The van der Waals surface area contributed by atoms with Crippen LogP contribution in [0.1, 0.15) is 42.0 Å². The molecular formula is C28H32FN3O2.